The van der Waals surface area contributed by atoms with E-state index in [1.54, 1.807) is 0 Å². The molecule has 0 radical (unpaired) electrons. The van der Waals surface area contributed by atoms with Crippen LogP contribution in [0.4, 0.5) is 5.82 Å². The lowest BCUT2D eigenvalue weighted by atomic mass is 10.1. The predicted molar refractivity (Wildman–Crippen MR) is 82.1 cm³/mol. The summed E-state index contributed by atoms with van der Waals surface area (Å²) in [6.07, 6.45) is 6.94. The van der Waals surface area contributed by atoms with E-state index >= 15 is 0 Å². The molecule has 0 unspecified atom stereocenters. The van der Waals surface area contributed by atoms with Crippen molar-refractivity contribution in [3.05, 3.63) is 22.8 Å². The van der Waals surface area contributed by atoms with Crippen LogP contribution in [0.15, 0.2) is 22.8 Å². The molecule has 20 heavy (non-hydrogen) atoms. The van der Waals surface area contributed by atoms with E-state index in [9.17, 15) is 0 Å². The molecule has 2 saturated heterocycles. The number of hydrogen-bond donors (Lipinski definition) is 0. The molecule has 3 rings (SSSR count). The summed E-state index contributed by atoms with van der Waals surface area (Å²) in [5, 5.41) is 0. The van der Waals surface area contributed by atoms with Crippen LogP contribution >= 0.6 is 15.9 Å². The molecule has 2 aliphatic heterocycles. The first kappa shape index (κ1) is 14.3. The normalized spacial score (nSPS) is 22.1. The van der Waals surface area contributed by atoms with Crippen molar-refractivity contribution in [2.45, 2.75) is 37.9 Å². The second kappa shape index (κ2) is 6.87. The average molecular weight is 341 g/mol. The van der Waals surface area contributed by atoms with Crippen molar-refractivity contribution in [3.63, 3.8) is 0 Å². The fraction of sp³-hybridized carbons (Fsp3) is 0.667. The van der Waals surface area contributed by atoms with Crippen LogP contribution < -0.4 is 4.90 Å². The fourth-order valence-corrected chi connectivity index (χ4v) is 3.19. The molecule has 0 N–H and O–H groups in total. The summed E-state index contributed by atoms with van der Waals surface area (Å²) in [7, 11) is 0. The number of nitrogens with zero attached hydrogens (tertiary/aromatic N) is 2. The first-order chi connectivity index (χ1) is 9.81. The Balaban J connectivity index is 1.49. The molecule has 3 heterocycles. The lowest BCUT2D eigenvalue weighted by molar-refractivity contribution is -0.0743. The molecule has 0 saturated carbocycles. The predicted octanol–water partition coefficient (Wildman–Crippen LogP) is 3.01. The molecule has 1 aromatic heterocycles. The highest BCUT2D eigenvalue weighted by Gasteiger charge is 2.24. The Labute approximate surface area is 128 Å². The second-order valence-electron chi connectivity index (χ2n) is 5.47. The SMILES string of the molecule is Brc1ccnc(N2CCC(OC3CCOCC3)CC2)c1. The lowest BCUT2D eigenvalue weighted by Crippen LogP contribution is -2.39. The van der Waals surface area contributed by atoms with E-state index in [1.807, 2.05) is 12.3 Å². The van der Waals surface area contributed by atoms with Gasteiger partial charge in [-0.2, -0.15) is 0 Å². The Morgan fingerprint density at radius 3 is 2.55 bits per heavy atom. The van der Waals surface area contributed by atoms with E-state index in [0.29, 0.717) is 12.2 Å². The highest BCUT2D eigenvalue weighted by Crippen LogP contribution is 2.24. The van der Waals surface area contributed by atoms with Gasteiger partial charge in [0, 0.05) is 37.0 Å². The number of anilines is 1. The van der Waals surface area contributed by atoms with Gasteiger partial charge in [-0.15, -0.1) is 0 Å². The first-order valence-electron chi connectivity index (χ1n) is 7.41. The van der Waals surface area contributed by atoms with Crippen molar-refractivity contribution < 1.29 is 9.47 Å². The maximum Gasteiger partial charge on any atom is 0.129 e. The molecule has 0 aromatic carbocycles. The van der Waals surface area contributed by atoms with Crippen molar-refractivity contribution in [1.29, 1.82) is 0 Å². The van der Waals surface area contributed by atoms with Crippen molar-refractivity contribution in [1.82, 2.24) is 4.98 Å². The van der Waals surface area contributed by atoms with Crippen molar-refractivity contribution in [2.24, 2.45) is 0 Å². The molecule has 0 atom stereocenters. The minimum absolute atomic E-state index is 0.404. The van der Waals surface area contributed by atoms with Crippen molar-refractivity contribution in [3.8, 4) is 0 Å². The Hall–Kier alpha value is -0.650. The summed E-state index contributed by atoms with van der Waals surface area (Å²) in [6.45, 7) is 3.76. The molecule has 2 aliphatic rings. The van der Waals surface area contributed by atoms with Crippen LogP contribution in [0, 0.1) is 0 Å². The molecule has 110 valence electrons. The number of piperidine rings is 1. The van der Waals surface area contributed by atoms with E-state index in [1.165, 1.54) is 0 Å². The molecule has 2 fully saturated rings. The molecule has 0 amide bonds. The van der Waals surface area contributed by atoms with Crippen LogP contribution in [0.1, 0.15) is 25.7 Å². The topological polar surface area (TPSA) is 34.6 Å². The number of ether oxygens (including phenoxy) is 2. The maximum absolute atomic E-state index is 6.20. The Bertz CT molecular complexity index is 430. The molecule has 5 heteroatoms. The molecule has 4 nitrogen and oxygen atoms in total. The van der Waals surface area contributed by atoms with Gasteiger partial charge in [0.2, 0.25) is 0 Å². The molecule has 1 aromatic rings. The molecule has 0 aliphatic carbocycles. The van der Waals surface area contributed by atoms with Crippen molar-refractivity contribution >= 4 is 21.7 Å². The van der Waals surface area contributed by atoms with E-state index in [2.05, 4.69) is 31.9 Å². The number of rotatable bonds is 3. The second-order valence-corrected chi connectivity index (χ2v) is 6.38. The standard InChI is InChI=1S/C15H21BrN2O2/c16-12-1-6-17-15(11-12)18-7-2-13(3-8-18)20-14-4-9-19-10-5-14/h1,6,11,13-14H,2-5,7-10H2. The summed E-state index contributed by atoms with van der Waals surface area (Å²) >= 11 is 3.50. The number of aromatic nitrogens is 1. The zero-order valence-corrected chi connectivity index (χ0v) is 13.2. The highest BCUT2D eigenvalue weighted by atomic mass is 79.9. The molecular formula is C15H21BrN2O2. The highest BCUT2D eigenvalue weighted by molar-refractivity contribution is 9.10. The Kier molecular flexibility index (Phi) is 4.91. The van der Waals surface area contributed by atoms with Gasteiger partial charge in [0.05, 0.1) is 12.2 Å². The lowest BCUT2D eigenvalue weighted by Gasteiger charge is -2.35. The monoisotopic (exact) mass is 340 g/mol. The summed E-state index contributed by atoms with van der Waals surface area (Å²) in [6, 6.07) is 4.05. The van der Waals surface area contributed by atoms with E-state index in [4.69, 9.17) is 9.47 Å². The minimum Gasteiger partial charge on any atom is -0.381 e. The van der Waals surface area contributed by atoms with Crippen molar-refractivity contribution in [2.75, 3.05) is 31.2 Å². The van der Waals surface area contributed by atoms with Crippen LogP contribution in [0.25, 0.3) is 0 Å². The van der Waals surface area contributed by atoms with E-state index < -0.39 is 0 Å². The maximum atomic E-state index is 6.20. The number of hydrogen-bond acceptors (Lipinski definition) is 4. The van der Waals surface area contributed by atoms with Gasteiger partial charge in [-0.3, -0.25) is 0 Å². The molecular weight excluding hydrogens is 320 g/mol. The smallest absolute Gasteiger partial charge is 0.129 e. The van der Waals surface area contributed by atoms with Gasteiger partial charge in [0.25, 0.3) is 0 Å². The fourth-order valence-electron chi connectivity index (χ4n) is 2.87. The van der Waals surface area contributed by atoms with E-state index in [-0.39, 0.29) is 0 Å². The summed E-state index contributed by atoms with van der Waals surface area (Å²) in [4.78, 5) is 6.78. The quantitative estimate of drug-likeness (QED) is 0.847. The average Bonchev–Trinajstić information content (AvgIpc) is 2.49. The number of pyridine rings is 1. The van der Waals surface area contributed by atoms with Gasteiger partial charge in [-0.25, -0.2) is 4.98 Å². The third-order valence-corrected chi connectivity index (χ3v) is 4.52. The first-order valence-corrected chi connectivity index (χ1v) is 8.20. The van der Waals surface area contributed by atoms with Gasteiger partial charge in [0.15, 0.2) is 0 Å². The number of halogens is 1. The van der Waals surface area contributed by atoms with Crippen LogP contribution in [0.5, 0.6) is 0 Å². The summed E-state index contributed by atoms with van der Waals surface area (Å²) < 4.78 is 12.7. The largest absolute Gasteiger partial charge is 0.381 e. The summed E-state index contributed by atoms with van der Waals surface area (Å²) in [5.74, 6) is 1.06. The van der Waals surface area contributed by atoms with Gasteiger partial charge in [0.1, 0.15) is 5.82 Å². The third-order valence-electron chi connectivity index (χ3n) is 4.03. The van der Waals surface area contributed by atoms with Gasteiger partial charge in [-0.1, -0.05) is 15.9 Å². The third kappa shape index (κ3) is 3.71. The molecule has 0 bridgehead atoms. The minimum atomic E-state index is 0.404. The van der Waals surface area contributed by atoms with Gasteiger partial charge >= 0.3 is 0 Å². The Morgan fingerprint density at radius 1 is 1.15 bits per heavy atom. The Morgan fingerprint density at radius 2 is 1.85 bits per heavy atom. The zero-order valence-electron chi connectivity index (χ0n) is 11.6. The van der Waals surface area contributed by atoms with Crippen LogP contribution in [0.2, 0.25) is 0 Å². The van der Waals surface area contributed by atoms with Gasteiger partial charge < -0.3 is 14.4 Å². The summed E-state index contributed by atoms with van der Waals surface area (Å²) in [5.41, 5.74) is 0. The van der Waals surface area contributed by atoms with E-state index in [0.717, 1.165) is 62.3 Å². The van der Waals surface area contributed by atoms with Crippen LogP contribution in [-0.4, -0.2) is 43.5 Å². The van der Waals surface area contributed by atoms with Crippen LogP contribution in [-0.2, 0) is 9.47 Å². The van der Waals surface area contributed by atoms with Gasteiger partial charge in [-0.05, 0) is 37.8 Å². The van der Waals surface area contributed by atoms with Crippen LogP contribution in [0.3, 0.4) is 0 Å². The molecule has 0 spiro atoms. The zero-order chi connectivity index (χ0) is 13.8.